The Morgan fingerprint density at radius 2 is 1.78 bits per heavy atom. The first kappa shape index (κ1) is 12.9. The first-order valence-corrected chi connectivity index (χ1v) is 6.04. The molecule has 0 fully saturated rings. The quantitative estimate of drug-likeness (QED) is 0.868. The summed E-state index contributed by atoms with van der Waals surface area (Å²) >= 11 is 12.1. The Labute approximate surface area is 115 Å². The third-order valence-electron chi connectivity index (χ3n) is 2.64. The maximum Gasteiger partial charge on any atom is 0.337 e. The number of aryl methyl sites for hydroxylation is 1. The van der Waals surface area contributed by atoms with Gasteiger partial charge in [0.15, 0.2) is 0 Å². The van der Waals surface area contributed by atoms with Crippen LogP contribution in [0, 0.1) is 6.92 Å². The van der Waals surface area contributed by atoms with Gasteiger partial charge in [0.25, 0.3) is 0 Å². The molecule has 0 radical (unpaired) electrons. The van der Waals surface area contributed by atoms with Gasteiger partial charge in [-0.25, -0.2) is 4.79 Å². The molecule has 0 aliphatic carbocycles. The summed E-state index contributed by atoms with van der Waals surface area (Å²) in [5.41, 5.74) is 2.29. The molecule has 92 valence electrons. The van der Waals surface area contributed by atoms with Crippen molar-refractivity contribution in [2.75, 3.05) is 0 Å². The van der Waals surface area contributed by atoms with Gasteiger partial charge in [-0.15, -0.1) is 0 Å². The number of carbonyl (C=O) groups is 1. The molecule has 0 bridgehead atoms. The molecule has 2 aromatic rings. The third-order valence-corrected chi connectivity index (χ3v) is 3.27. The van der Waals surface area contributed by atoms with E-state index in [1.807, 2.05) is 13.0 Å². The van der Waals surface area contributed by atoms with Crippen molar-refractivity contribution in [2.45, 2.75) is 6.92 Å². The Hall–Kier alpha value is -1.51. The normalized spacial score (nSPS) is 10.4. The Balaban J connectivity index is 2.71. The molecule has 0 aliphatic rings. The minimum absolute atomic E-state index is 0.0740. The minimum atomic E-state index is -1.06. The van der Waals surface area contributed by atoms with Crippen LogP contribution < -0.4 is 0 Å². The molecule has 2 aromatic carbocycles. The second-order valence-corrected chi connectivity index (χ2v) is 4.77. The summed E-state index contributed by atoms with van der Waals surface area (Å²) in [6, 6.07) is 10.4. The fourth-order valence-corrected chi connectivity index (χ4v) is 2.40. The lowest BCUT2D eigenvalue weighted by atomic mass is 9.98. The van der Waals surface area contributed by atoms with Crippen LogP contribution in [0.5, 0.6) is 0 Å². The molecule has 0 spiro atoms. The summed E-state index contributed by atoms with van der Waals surface area (Å²) in [4.78, 5) is 11.3. The highest BCUT2D eigenvalue weighted by atomic mass is 35.5. The zero-order chi connectivity index (χ0) is 13.3. The Morgan fingerprint density at radius 1 is 1.06 bits per heavy atom. The lowest BCUT2D eigenvalue weighted by Crippen LogP contribution is -2.01. The highest BCUT2D eigenvalue weighted by molar-refractivity contribution is 6.36. The molecule has 0 heterocycles. The number of carboxylic acids is 1. The lowest BCUT2D eigenvalue weighted by molar-refractivity contribution is 0.0698. The van der Waals surface area contributed by atoms with E-state index in [9.17, 15) is 9.90 Å². The number of hydrogen-bond donors (Lipinski definition) is 1. The topological polar surface area (TPSA) is 37.3 Å². The van der Waals surface area contributed by atoms with Gasteiger partial charge < -0.3 is 5.11 Å². The molecular formula is C14H10Cl2O2. The van der Waals surface area contributed by atoms with E-state index in [1.165, 1.54) is 0 Å². The predicted octanol–water partition coefficient (Wildman–Crippen LogP) is 4.67. The second kappa shape index (κ2) is 5.01. The van der Waals surface area contributed by atoms with Crippen LogP contribution in [0.2, 0.25) is 10.0 Å². The van der Waals surface area contributed by atoms with E-state index in [0.29, 0.717) is 16.1 Å². The van der Waals surface area contributed by atoms with Crippen molar-refractivity contribution in [1.29, 1.82) is 0 Å². The van der Waals surface area contributed by atoms with Crippen LogP contribution in [0.15, 0.2) is 36.4 Å². The summed E-state index contributed by atoms with van der Waals surface area (Å²) in [7, 11) is 0. The fraction of sp³-hybridized carbons (Fsp3) is 0.0714. The number of carboxylic acid groups (broad SMARTS) is 1. The van der Waals surface area contributed by atoms with Crippen LogP contribution in [0.1, 0.15) is 15.9 Å². The van der Waals surface area contributed by atoms with Gasteiger partial charge in [0.05, 0.1) is 10.6 Å². The summed E-state index contributed by atoms with van der Waals surface area (Å²) in [6.07, 6.45) is 0. The Morgan fingerprint density at radius 3 is 2.39 bits per heavy atom. The maximum absolute atomic E-state index is 11.3. The molecular weight excluding hydrogens is 271 g/mol. The molecule has 0 atom stereocenters. The number of hydrogen-bond acceptors (Lipinski definition) is 1. The predicted molar refractivity (Wildman–Crippen MR) is 73.6 cm³/mol. The molecule has 2 rings (SSSR count). The average Bonchev–Trinajstić information content (AvgIpc) is 2.28. The minimum Gasteiger partial charge on any atom is -0.478 e. The number of benzene rings is 2. The first-order chi connectivity index (χ1) is 8.50. The largest absolute Gasteiger partial charge is 0.478 e. The monoisotopic (exact) mass is 280 g/mol. The van der Waals surface area contributed by atoms with Crippen LogP contribution in [-0.4, -0.2) is 11.1 Å². The summed E-state index contributed by atoms with van der Waals surface area (Å²) in [6.45, 7) is 1.92. The van der Waals surface area contributed by atoms with Gasteiger partial charge in [0.1, 0.15) is 0 Å². The van der Waals surface area contributed by atoms with Gasteiger partial charge in [0.2, 0.25) is 0 Å². The smallest absolute Gasteiger partial charge is 0.337 e. The van der Waals surface area contributed by atoms with Crippen molar-refractivity contribution in [3.05, 3.63) is 57.6 Å². The van der Waals surface area contributed by atoms with E-state index in [4.69, 9.17) is 23.2 Å². The molecule has 0 saturated carbocycles. The van der Waals surface area contributed by atoms with Crippen molar-refractivity contribution in [3.63, 3.8) is 0 Å². The zero-order valence-corrected chi connectivity index (χ0v) is 11.1. The summed E-state index contributed by atoms with van der Waals surface area (Å²) < 4.78 is 0. The van der Waals surface area contributed by atoms with E-state index < -0.39 is 5.97 Å². The highest BCUT2D eigenvalue weighted by Gasteiger charge is 2.17. The number of rotatable bonds is 2. The lowest BCUT2D eigenvalue weighted by Gasteiger charge is -2.10. The van der Waals surface area contributed by atoms with Crippen LogP contribution in [0.4, 0.5) is 0 Å². The van der Waals surface area contributed by atoms with E-state index in [0.717, 1.165) is 5.56 Å². The standard InChI is InChI=1S/C14H10Cl2O2/c1-8-5-6-9(12(16)7-8)10-3-2-4-11(15)13(10)14(17)18/h2-7H,1H3,(H,17,18). The second-order valence-electron chi connectivity index (χ2n) is 3.95. The van der Waals surface area contributed by atoms with Gasteiger partial charge >= 0.3 is 5.97 Å². The fourth-order valence-electron chi connectivity index (χ4n) is 1.80. The van der Waals surface area contributed by atoms with Gasteiger partial charge in [-0.3, -0.25) is 0 Å². The molecule has 0 saturated heterocycles. The van der Waals surface area contributed by atoms with E-state index in [1.54, 1.807) is 30.3 Å². The molecule has 4 heteroatoms. The van der Waals surface area contributed by atoms with Gasteiger partial charge in [0, 0.05) is 10.6 Å². The van der Waals surface area contributed by atoms with Gasteiger partial charge in [-0.1, -0.05) is 47.5 Å². The average molecular weight is 281 g/mol. The van der Waals surface area contributed by atoms with E-state index >= 15 is 0 Å². The molecule has 0 amide bonds. The Bertz CT molecular complexity index is 621. The van der Waals surface area contributed by atoms with Crippen molar-refractivity contribution >= 4 is 29.2 Å². The van der Waals surface area contributed by atoms with Crippen LogP contribution in [0.25, 0.3) is 11.1 Å². The van der Waals surface area contributed by atoms with Crippen LogP contribution in [-0.2, 0) is 0 Å². The molecule has 18 heavy (non-hydrogen) atoms. The molecule has 2 nitrogen and oxygen atoms in total. The Kier molecular flexibility index (Phi) is 3.60. The van der Waals surface area contributed by atoms with Crippen molar-refractivity contribution < 1.29 is 9.90 Å². The molecule has 0 unspecified atom stereocenters. The zero-order valence-electron chi connectivity index (χ0n) is 9.58. The molecule has 0 aliphatic heterocycles. The maximum atomic E-state index is 11.3. The van der Waals surface area contributed by atoms with Crippen molar-refractivity contribution in [1.82, 2.24) is 0 Å². The van der Waals surface area contributed by atoms with Crippen LogP contribution in [0.3, 0.4) is 0 Å². The number of halogens is 2. The number of aromatic carboxylic acids is 1. The van der Waals surface area contributed by atoms with Crippen molar-refractivity contribution in [3.8, 4) is 11.1 Å². The van der Waals surface area contributed by atoms with Gasteiger partial charge in [-0.2, -0.15) is 0 Å². The third kappa shape index (κ3) is 2.35. The molecule has 0 aromatic heterocycles. The summed E-state index contributed by atoms with van der Waals surface area (Å²) in [5, 5.41) is 9.94. The van der Waals surface area contributed by atoms with Crippen molar-refractivity contribution in [2.24, 2.45) is 0 Å². The van der Waals surface area contributed by atoms with Crippen LogP contribution >= 0.6 is 23.2 Å². The van der Waals surface area contributed by atoms with Gasteiger partial charge in [-0.05, 0) is 30.2 Å². The SMILES string of the molecule is Cc1ccc(-c2cccc(Cl)c2C(=O)O)c(Cl)c1. The molecule has 1 N–H and O–H groups in total. The van der Waals surface area contributed by atoms with E-state index in [-0.39, 0.29) is 10.6 Å². The summed E-state index contributed by atoms with van der Waals surface area (Å²) in [5.74, 6) is -1.06. The first-order valence-electron chi connectivity index (χ1n) is 5.29. The highest BCUT2D eigenvalue weighted by Crippen LogP contribution is 2.34. The van der Waals surface area contributed by atoms with E-state index in [2.05, 4.69) is 0 Å².